The molecule has 0 aliphatic carbocycles. The van der Waals surface area contributed by atoms with Crippen molar-refractivity contribution in [1.82, 2.24) is 0 Å². The van der Waals surface area contributed by atoms with Crippen LogP contribution < -0.4 is 0 Å². The molecule has 0 aliphatic rings. The van der Waals surface area contributed by atoms with E-state index in [0.29, 0.717) is 12.3 Å². The van der Waals surface area contributed by atoms with Gasteiger partial charge in [0.2, 0.25) is 0 Å². The van der Waals surface area contributed by atoms with Crippen LogP contribution in [0, 0.1) is 6.92 Å². The van der Waals surface area contributed by atoms with E-state index in [4.69, 9.17) is 0 Å². The Bertz CT molecular complexity index is 603. The van der Waals surface area contributed by atoms with Crippen molar-refractivity contribution in [3.05, 3.63) is 65.7 Å². The van der Waals surface area contributed by atoms with Gasteiger partial charge in [0.05, 0.1) is 23.1 Å². The third-order valence-corrected chi connectivity index (χ3v) is 4.48. The van der Waals surface area contributed by atoms with Crippen molar-refractivity contribution in [3.63, 3.8) is 0 Å². The lowest BCUT2D eigenvalue weighted by molar-refractivity contribution is 0.685. The van der Waals surface area contributed by atoms with Crippen LogP contribution in [0.4, 0.5) is 0 Å². The van der Waals surface area contributed by atoms with Crippen LogP contribution in [0.3, 0.4) is 0 Å². The summed E-state index contributed by atoms with van der Waals surface area (Å²) in [5.41, 5.74) is 3.28. The molecule has 0 heterocycles. The molecule has 2 aromatic carbocycles. The van der Waals surface area contributed by atoms with E-state index in [1.807, 2.05) is 68.4 Å². The Labute approximate surface area is 123 Å². The fraction of sp³-hybridized carbons (Fsp3) is 0.235. The van der Waals surface area contributed by atoms with Gasteiger partial charge in [0, 0.05) is 10.6 Å². The van der Waals surface area contributed by atoms with E-state index in [2.05, 4.69) is 4.99 Å². The minimum absolute atomic E-state index is 0.496. The van der Waals surface area contributed by atoms with Crippen LogP contribution in [0.5, 0.6) is 0 Å². The zero-order valence-electron chi connectivity index (χ0n) is 11.9. The standard InChI is InChI=1S/C17H19NOS/c1-14-8-10-17(11-9-14)20(19)13-15(2)18-12-16-6-4-3-5-7-16/h3-11H,12-13H2,1-2H3. The predicted octanol–water partition coefficient (Wildman–Crippen LogP) is 3.76. The third kappa shape index (κ3) is 4.42. The molecule has 0 amide bonds. The summed E-state index contributed by atoms with van der Waals surface area (Å²) in [7, 11) is -1.01. The second kappa shape index (κ2) is 7.15. The third-order valence-electron chi connectivity index (χ3n) is 3.00. The molecule has 2 nitrogen and oxygen atoms in total. The van der Waals surface area contributed by atoms with Crippen molar-refractivity contribution >= 4 is 16.5 Å². The molecule has 1 unspecified atom stereocenters. The van der Waals surface area contributed by atoms with Gasteiger partial charge in [-0.3, -0.25) is 9.20 Å². The van der Waals surface area contributed by atoms with Crippen molar-refractivity contribution in [2.75, 3.05) is 5.75 Å². The summed E-state index contributed by atoms with van der Waals surface area (Å²) in [6, 6.07) is 17.9. The molecular formula is C17H19NOS. The molecule has 3 heteroatoms. The van der Waals surface area contributed by atoms with Gasteiger partial charge in [0.1, 0.15) is 0 Å². The molecule has 1 atom stereocenters. The summed E-state index contributed by atoms with van der Waals surface area (Å²) >= 11 is 0. The smallest absolute Gasteiger partial charge is 0.0659 e. The van der Waals surface area contributed by atoms with Crippen LogP contribution >= 0.6 is 0 Å². The Kier molecular flexibility index (Phi) is 5.24. The number of hydrogen-bond donors (Lipinski definition) is 0. The number of aliphatic imine (C=N–C) groups is 1. The van der Waals surface area contributed by atoms with Gasteiger partial charge in [0.25, 0.3) is 0 Å². The average molecular weight is 285 g/mol. The quantitative estimate of drug-likeness (QED) is 0.769. The lowest BCUT2D eigenvalue weighted by Crippen LogP contribution is -2.07. The molecule has 0 saturated carbocycles. The second-order valence-electron chi connectivity index (χ2n) is 4.84. The van der Waals surface area contributed by atoms with Gasteiger partial charge in [-0.1, -0.05) is 48.0 Å². The van der Waals surface area contributed by atoms with Crippen LogP contribution in [0.25, 0.3) is 0 Å². The first kappa shape index (κ1) is 14.7. The molecule has 2 rings (SSSR count). The second-order valence-corrected chi connectivity index (χ2v) is 6.29. The van der Waals surface area contributed by atoms with E-state index in [1.54, 1.807) is 0 Å². The summed E-state index contributed by atoms with van der Waals surface area (Å²) in [4.78, 5) is 5.37. The van der Waals surface area contributed by atoms with Gasteiger partial charge in [-0.25, -0.2) is 0 Å². The van der Waals surface area contributed by atoms with Gasteiger partial charge >= 0.3 is 0 Å². The molecule has 0 aromatic heterocycles. The van der Waals surface area contributed by atoms with Crippen LogP contribution in [0.2, 0.25) is 0 Å². The molecule has 2 aromatic rings. The Morgan fingerprint density at radius 2 is 1.70 bits per heavy atom. The Balaban J connectivity index is 1.95. The van der Waals surface area contributed by atoms with E-state index in [-0.39, 0.29) is 0 Å². The van der Waals surface area contributed by atoms with Crippen LogP contribution in [0.15, 0.2) is 64.5 Å². The van der Waals surface area contributed by atoms with Gasteiger partial charge < -0.3 is 0 Å². The van der Waals surface area contributed by atoms with Gasteiger partial charge in [-0.2, -0.15) is 0 Å². The van der Waals surface area contributed by atoms with Crippen molar-refractivity contribution in [2.24, 2.45) is 4.99 Å². The van der Waals surface area contributed by atoms with Crippen molar-refractivity contribution in [1.29, 1.82) is 0 Å². The molecular weight excluding hydrogens is 266 g/mol. The minimum Gasteiger partial charge on any atom is -0.289 e. The normalized spacial score (nSPS) is 13.2. The Hall–Kier alpha value is -1.74. The monoisotopic (exact) mass is 285 g/mol. The Morgan fingerprint density at radius 3 is 2.35 bits per heavy atom. The maximum Gasteiger partial charge on any atom is 0.0659 e. The lowest BCUT2D eigenvalue weighted by Gasteiger charge is -2.03. The van der Waals surface area contributed by atoms with E-state index < -0.39 is 10.8 Å². The SMILES string of the molecule is CC(CS(=O)c1ccc(C)cc1)=NCc1ccccc1. The van der Waals surface area contributed by atoms with E-state index in [9.17, 15) is 4.21 Å². The van der Waals surface area contributed by atoms with E-state index >= 15 is 0 Å². The molecule has 20 heavy (non-hydrogen) atoms. The molecule has 0 spiro atoms. The molecule has 0 bridgehead atoms. The maximum absolute atomic E-state index is 12.2. The average Bonchev–Trinajstić information content (AvgIpc) is 2.47. The van der Waals surface area contributed by atoms with E-state index in [0.717, 1.165) is 10.6 Å². The minimum atomic E-state index is -1.01. The largest absolute Gasteiger partial charge is 0.289 e. The maximum atomic E-state index is 12.2. The van der Waals surface area contributed by atoms with Crippen LogP contribution in [-0.2, 0) is 17.3 Å². The topological polar surface area (TPSA) is 29.4 Å². The number of nitrogens with zero attached hydrogens (tertiary/aromatic N) is 1. The van der Waals surface area contributed by atoms with Crippen LogP contribution in [-0.4, -0.2) is 15.7 Å². The number of rotatable bonds is 5. The first-order valence-corrected chi connectivity index (χ1v) is 7.96. The molecule has 104 valence electrons. The molecule has 0 saturated heterocycles. The molecule has 0 aliphatic heterocycles. The highest BCUT2D eigenvalue weighted by Gasteiger charge is 2.05. The highest BCUT2D eigenvalue weighted by atomic mass is 32.2. The summed E-state index contributed by atoms with van der Waals surface area (Å²) < 4.78 is 12.2. The zero-order chi connectivity index (χ0) is 14.4. The summed E-state index contributed by atoms with van der Waals surface area (Å²) in [6.07, 6.45) is 0. The number of benzene rings is 2. The molecule has 0 radical (unpaired) electrons. The highest BCUT2D eigenvalue weighted by Crippen LogP contribution is 2.09. The van der Waals surface area contributed by atoms with Gasteiger partial charge in [-0.05, 0) is 31.5 Å². The Morgan fingerprint density at radius 1 is 1.05 bits per heavy atom. The summed E-state index contributed by atoms with van der Waals surface area (Å²) in [6.45, 7) is 4.62. The van der Waals surface area contributed by atoms with Crippen molar-refractivity contribution in [3.8, 4) is 0 Å². The molecule has 0 fully saturated rings. The summed E-state index contributed by atoms with van der Waals surface area (Å²) in [5.74, 6) is 0.496. The predicted molar refractivity (Wildman–Crippen MR) is 85.7 cm³/mol. The first-order valence-electron chi connectivity index (χ1n) is 6.64. The summed E-state index contributed by atoms with van der Waals surface area (Å²) in [5, 5.41) is 0. The van der Waals surface area contributed by atoms with Crippen molar-refractivity contribution < 1.29 is 4.21 Å². The van der Waals surface area contributed by atoms with Gasteiger partial charge in [0.15, 0.2) is 0 Å². The number of hydrogen-bond acceptors (Lipinski definition) is 2. The van der Waals surface area contributed by atoms with Crippen molar-refractivity contribution in [2.45, 2.75) is 25.3 Å². The lowest BCUT2D eigenvalue weighted by atomic mass is 10.2. The first-order chi connectivity index (χ1) is 9.65. The van der Waals surface area contributed by atoms with Crippen LogP contribution in [0.1, 0.15) is 18.1 Å². The van der Waals surface area contributed by atoms with Gasteiger partial charge in [-0.15, -0.1) is 0 Å². The highest BCUT2D eigenvalue weighted by molar-refractivity contribution is 7.85. The molecule has 0 N–H and O–H groups in total. The number of aryl methyl sites for hydroxylation is 1. The zero-order valence-corrected chi connectivity index (χ0v) is 12.7. The van der Waals surface area contributed by atoms with E-state index in [1.165, 1.54) is 11.1 Å². The fourth-order valence-corrected chi connectivity index (χ4v) is 2.90. The fourth-order valence-electron chi connectivity index (χ4n) is 1.82.